The maximum Gasteiger partial charge on any atom is 0.300 e. The van der Waals surface area contributed by atoms with E-state index < -0.39 is 17.7 Å². The number of benzene rings is 3. The molecule has 38 heavy (non-hydrogen) atoms. The van der Waals surface area contributed by atoms with Crippen LogP contribution < -0.4 is 9.64 Å². The summed E-state index contributed by atoms with van der Waals surface area (Å²) >= 11 is 0. The summed E-state index contributed by atoms with van der Waals surface area (Å²) in [6, 6.07) is 18.2. The highest BCUT2D eigenvalue weighted by molar-refractivity contribution is 6.52. The lowest BCUT2D eigenvalue weighted by atomic mass is 9.91. The quantitative estimate of drug-likeness (QED) is 0.175. The summed E-state index contributed by atoms with van der Waals surface area (Å²) in [5.41, 5.74) is 6.54. The number of H-pyrrole nitrogens is 1. The van der Waals surface area contributed by atoms with Crippen LogP contribution in [0.4, 0.5) is 5.69 Å². The molecule has 1 aromatic heterocycles. The van der Waals surface area contributed by atoms with Crippen molar-refractivity contribution in [1.82, 2.24) is 4.98 Å². The zero-order valence-electron chi connectivity index (χ0n) is 22.5. The molecule has 0 radical (unpaired) electrons. The van der Waals surface area contributed by atoms with Crippen LogP contribution in [-0.4, -0.2) is 28.9 Å². The maximum absolute atomic E-state index is 13.7. The summed E-state index contributed by atoms with van der Waals surface area (Å²) in [7, 11) is 1.61. The molecule has 5 rings (SSSR count). The van der Waals surface area contributed by atoms with Crippen LogP contribution in [0.3, 0.4) is 0 Å². The van der Waals surface area contributed by atoms with Crippen molar-refractivity contribution in [2.45, 2.75) is 46.6 Å². The van der Waals surface area contributed by atoms with E-state index in [4.69, 9.17) is 4.74 Å². The molecule has 1 amide bonds. The van der Waals surface area contributed by atoms with Crippen LogP contribution in [0.2, 0.25) is 0 Å². The first-order valence-corrected chi connectivity index (χ1v) is 12.8. The predicted octanol–water partition coefficient (Wildman–Crippen LogP) is 6.85. The van der Waals surface area contributed by atoms with Crippen LogP contribution >= 0.6 is 0 Å². The summed E-state index contributed by atoms with van der Waals surface area (Å²) in [5.74, 6) is -0.741. The van der Waals surface area contributed by atoms with E-state index in [1.54, 1.807) is 19.2 Å². The number of hydrogen-bond donors (Lipinski definition) is 2. The number of aromatic nitrogens is 1. The molecular formula is C32H32N2O4. The molecule has 2 heterocycles. The van der Waals surface area contributed by atoms with E-state index in [-0.39, 0.29) is 17.3 Å². The molecule has 1 aliphatic rings. The van der Waals surface area contributed by atoms with E-state index in [1.807, 2.05) is 83.1 Å². The Labute approximate surface area is 222 Å². The number of anilines is 1. The Balaban J connectivity index is 1.82. The number of carbonyl (C=O) groups excluding carboxylic acids is 2. The third kappa shape index (κ3) is 4.06. The van der Waals surface area contributed by atoms with Gasteiger partial charge in [-0.3, -0.25) is 14.5 Å². The Morgan fingerprint density at radius 2 is 1.66 bits per heavy atom. The number of carbonyl (C=O) groups is 2. The number of nitrogens with zero attached hydrogens (tertiary/aromatic N) is 1. The van der Waals surface area contributed by atoms with Gasteiger partial charge in [0.2, 0.25) is 0 Å². The highest BCUT2D eigenvalue weighted by Crippen LogP contribution is 2.46. The molecular weight excluding hydrogens is 476 g/mol. The average molecular weight is 509 g/mol. The maximum atomic E-state index is 13.7. The zero-order chi connectivity index (χ0) is 27.3. The molecule has 1 fully saturated rings. The number of hydrogen-bond acceptors (Lipinski definition) is 4. The number of amides is 1. The van der Waals surface area contributed by atoms with E-state index in [0.29, 0.717) is 17.0 Å². The van der Waals surface area contributed by atoms with Crippen LogP contribution in [-0.2, 0) is 9.59 Å². The molecule has 6 heteroatoms. The fourth-order valence-electron chi connectivity index (χ4n) is 5.60. The Kier molecular flexibility index (Phi) is 6.35. The molecule has 6 nitrogen and oxygen atoms in total. The van der Waals surface area contributed by atoms with E-state index in [9.17, 15) is 14.7 Å². The number of aliphatic hydroxyl groups is 1. The molecule has 0 spiro atoms. The molecule has 0 bridgehead atoms. The van der Waals surface area contributed by atoms with Gasteiger partial charge in [-0.15, -0.1) is 0 Å². The summed E-state index contributed by atoms with van der Waals surface area (Å²) in [6.07, 6.45) is 0. The van der Waals surface area contributed by atoms with Crippen molar-refractivity contribution < 1.29 is 19.4 Å². The Bertz CT molecular complexity index is 1610. The van der Waals surface area contributed by atoms with Crippen molar-refractivity contribution in [2.75, 3.05) is 12.0 Å². The second-order valence-corrected chi connectivity index (χ2v) is 10.3. The van der Waals surface area contributed by atoms with Gasteiger partial charge in [0.1, 0.15) is 11.5 Å². The highest BCUT2D eigenvalue weighted by atomic mass is 16.5. The van der Waals surface area contributed by atoms with E-state index >= 15 is 0 Å². The normalized spacial score (nSPS) is 17.1. The third-order valence-electron chi connectivity index (χ3n) is 7.27. The van der Waals surface area contributed by atoms with Crippen LogP contribution in [0.15, 0.2) is 66.2 Å². The Hall–Kier alpha value is -4.32. The SMILES string of the molecule is COc1ccc(/C(O)=C2\C(=O)C(=O)N(c3cc(C)cc(C)c3)C2c2c(C)[nH]c3ccccc23)cc1C(C)C. The van der Waals surface area contributed by atoms with Crippen LogP contribution in [0.5, 0.6) is 5.75 Å². The smallest absolute Gasteiger partial charge is 0.300 e. The summed E-state index contributed by atoms with van der Waals surface area (Å²) < 4.78 is 5.52. The van der Waals surface area contributed by atoms with Gasteiger partial charge >= 0.3 is 0 Å². The summed E-state index contributed by atoms with van der Waals surface area (Å²) in [6.45, 7) is 9.93. The minimum atomic E-state index is -0.808. The van der Waals surface area contributed by atoms with Crippen molar-refractivity contribution in [1.29, 1.82) is 0 Å². The van der Waals surface area contributed by atoms with Gasteiger partial charge in [0.05, 0.1) is 18.7 Å². The number of aromatic amines is 1. The molecule has 194 valence electrons. The van der Waals surface area contributed by atoms with Crippen LogP contribution in [0.25, 0.3) is 16.7 Å². The number of ketones is 1. The second-order valence-electron chi connectivity index (χ2n) is 10.3. The number of aryl methyl sites for hydroxylation is 3. The Morgan fingerprint density at radius 3 is 2.32 bits per heavy atom. The monoisotopic (exact) mass is 508 g/mol. The van der Waals surface area contributed by atoms with Crippen molar-refractivity contribution in [3.05, 3.63) is 99.7 Å². The molecule has 3 aromatic carbocycles. The van der Waals surface area contributed by atoms with E-state index in [0.717, 1.165) is 38.9 Å². The fourth-order valence-corrected chi connectivity index (χ4v) is 5.60. The number of ether oxygens (including phenoxy) is 1. The van der Waals surface area contributed by atoms with Gasteiger partial charge in [0.15, 0.2) is 0 Å². The molecule has 2 N–H and O–H groups in total. The molecule has 4 aromatic rings. The topological polar surface area (TPSA) is 82.6 Å². The van der Waals surface area contributed by atoms with Gasteiger partial charge in [0, 0.05) is 33.4 Å². The second kappa shape index (κ2) is 9.53. The van der Waals surface area contributed by atoms with Gasteiger partial charge in [-0.05, 0) is 79.8 Å². The van der Waals surface area contributed by atoms with Gasteiger partial charge in [-0.2, -0.15) is 0 Å². The molecule has 1 unspecified atom stereocenters. The minimum Gasteiger partial charge on any atom is -0.507 e. The first-order chi connectivity index (χ1) is 18.1. The van der Waals surface area contributed by atoms with Crippen LogP contribution in [0, 0.1) is 20.8 Å². The number of rotatable bonds is 5. The Morgan fingerprint density at radius 1 is 0.974 bits per heavy atom. The van der Waals surface area contributed by atoms with Gasteiger partial charge in [0.25, 0.3) is 11.7 Å². The van der Waals surface area contributed by atoms with Crippen molar-refractivity contribution >= 4 is 34.0 Å². The lowest BCUT2D eigenvalue weighted by Gasteiger charge is -2.26. The number of aliphatic hydroxyl groups excluding tert-OH is 1. The number of para-hydroxylation sites is 1. The number of fused-ring (bicyclic) bond motifs is 1. The van der Waals surface area contributed by atoms with Gasteiger partial charge in [-0.1, -0.05) is 38.1 Å². The third-order valence-corrected chi connectivity index (χ3v) is 7.27. The zero-order valence-corrected chi connectivity index (χ0v) is 22.5. The molecule has 1 saturated heterocycles. The highest BCUT2D eigenvalue weighted by Gasteiger charge is 2.48. The number of methoxy groups -OCH3 is 1. The largest absolute Gasteiger partial charge is 0.507 e. The summed E-state index contributed by atoms with van der Waals surface area (Å²) in [4.78, 5) is 32.4. The standard InChI is InChI=1S/C32H32N2O4/c1-17(2)24-16-21(11-12-26(24)38-6)30(35)28-29(27-20(5)33-25-10-8-7-9-23(25)27)34(32(37)31(28)36)22-14-18(3)13-19(4)15-22/h7-17,29,33,35H,1-6H3/b30-28+. The first-order valence-electron chi connectivity index (χ1n) is 12.8. The predicted molar refractivity (Wildman–Crippen MR) is 151 cm³/mol. The summed E-state index contributed by atoms with van der Waals surface area (Å²) in [5, 5.41) is 12.6. The molecule has 1 aliphatic heterocycles. The van der Waals surface area contributed by atoms with Crippen molar-refractivity contribution in [2.24, 2.45) is 0 Å². The van der Waals surface area contributed by atoms with E-state index in [1.165, 1.54) is 4.90 Å². The van der Waals surface area contributed by atoms with Gasteiger partial charge in [-0.25, -0.2) is 0 Å². The molecule has 1 atom stereocenters. The molecule has 0 saturated carbocycles. The number of nitrogens with one attached hydrogen (secondary N) is 1. The fraction of sp³-hybridized carbons (Fsp3) is 0.250. The van der Waals surface area contributed by atoms with E-state index in [2.05, 4.69) is 4.98 Å². The van der Waals surface area contributed by atoms with Crippen molar-refractivity contribution in [3.63, 3.8) is 0 Å². The van der Waals surface area contributed by atoms with Crippen LogP contribution in [0.1, 0.15) is 59.3 Å². The first kappa shape index (κ1) is 25.3. The minimum absolute atomic E-state index is 0.0712. The van der Waals surface area contributed by atoms with Crippen molar-refractivity contribution in [3.8, 4) is 5.75 Å². The number of Topliss-reactive ketones (excluding diaryl/α,β-unsaturated/α-hetero) is 1. The van der Waals surface area contributed by atoms with Gasteiger partial charge < -0.3 is 14.8 Å². The lowest BCUT2D eigenvalue weighted by molar-refractivity contribution is -0.132. The molecule has 0 aliphatic carbocycles. The lowest BCUT2D eigenvalue weighted by Crippen LogP contribution is -2.29. The average Bonchev–Trinajstić information content (AvgIpc) is 3.34.